The molecule has 2 N–H and O–H groups in total. The van der Waals surface area contributed by atoms with E-state index in [4.69, 9.17) is 0 Å². The number of nitrogens with one attached hydrogen (secondary N) is 2. The molecule has 3 aliphatic rings. The van der Waals surface area contributed by atoms with Crippen molar-refractivity contribution >= 4 is 21.8 Å². The quantitative estimate of drug-likeness (QED) is 0.531. The second-order valence-corrected chi connectivity index (χ2v) is 12.2. The summed E-state index contributed by atoms with van der Waals surface area (Å²) < 4.78 is 29.7. The minimum Gasteiger partial charge on any atom is -0.349 e. The zero-order chi connectivity index (χ0) is 26.7. The fourth-order valence-electron chi connectivity index (χ4n) is 5.58. The van der Waals surface area contributed by atoms with Gasteiger partial charge >= 0.3 is 0 Å². The second kappa shape index (κ2) is 11.3. The third kappa shape index (κ3) is 5.63. The Hall–Kier alpha value is -3.18. The lowest BCUT2D eigenvalue weighted by Crippen LogP contribution is -2.51. The predicted octanol–water partition coefficient (Wildman–Crippen LogP) is 2.22. The molecule has 1 aromatic carbocycles. The molecule has 1 aliphatic carbocycles. The molecule has 1 aromatic heterocycles. The molecule has 0 unspecified atom stereocenters. The first-order chi connectivity index (χ1) is 18.3. The maximum atomic E-state index is 13.3. The number of aryl methyl sites for hydroxylation is 1. The van der Waals surface area contributed by atoms with Crippen LogP contribution in [-0.4, -0.2) is 64.9 Å². The van der Waals surface area contributed by atoms with Gasteiger partial charge in [0.15, 0.2) is 0 Å². The van der Waals surface area contributed by atoms with Crippen molar-refractivity contribution in [3.8, 4) is 0 Å². The Labute approximate surface area is 224 Å². The summed E-state index contributed by atoms with van der Waals surface area (Å²) in [5.41, 5.74) is 3.09. The molecule has 10 nitrogen and oxygen atoms in total. The summed E-state index contributed by atoms with van der Waals surface area (Å²) in [6.45, 7) is 5.95. The first-order valence-electron chi connectivity index (χ1n) is 13.5. The number of amides is 2. The van der Waals surface area contributed by atoms with Crippen LogP contribution in [0.4, 0.5) is 0 Å². The van der Waals surface area contributed by atoms with Crippen molar-refractivity contribution in [1.29, 1.82) is 0 Å². The van der Waals surface area contributed by atoms with Gasteiger partial charge in [0.25, 0.3) is 10.0 Å². The smallest absolute Gasteiger partial charge is 0.264 e. The van der Waals surface area contributed by atoms with Crippen LogP contribution in [0.5, 0.6) is 0 Å². The predicted molar refractivity (Wildman–Crippen MR) is 142 cm³/mol. The van der Waals surface area contributed by atoms with Crippen LogP contribution in [-0.2, 0) is 32.6 Å². The van der Waals surface area contributed by atoms with E-state index >= 15 is 0 Å². The van der Waals surface area contributed by atoms with Gasteiger partial charge in [0.2, 0.25) is 11.8 Å². The minimum atomic E-state index is -4.01. The molecule has 1 saturated heterocycles. The Morgan fingerprint density at radius 2 is 1.87 bits per heavy atom. The first-order valence-corrected chi connectivity index (χ1v) is 14.9. The van der Waals surface area contributed by atoms with E-state index in [-0.39, 0.29) is 23.3 Å². The molecule has 0 radical (unpaired) electrons. The lowest BCUT2D eigenvalue weighted by atomic mass is 9.92. The number of rotatable bonds is 8. The Morgan fingerprint density at radius 3 is 2.63 bits per heavy atom. The molecule has 11 heteroatoms. The molecular formula is C27H36N6O4S. The van der Waals surface area contributed by atoms with Crippen LogP contribution in [0, 0.1) is 6.92 Å². The number of hydrogen-bond acceptors (Lipinski definition) is 6. The van der Waals surface area contributed by atoms with Gasteiger partial charge in [-0.25, -0.2) is 8.42 Å². The summed E-state index contributed by atoms with van der Waals surface area (Å²) >= 11 is 0. The van der Waals surface area contributed by atoms with Crippen molar-refractivity contribution in [2.24, 2.45) is 0 Å². The van der Waals surface area contributed by atoms with Gasteiger partial charge in [0, 0.05) is 30.2 Å². The lowest BCUT2D eigenvalue weighted by molar-refractivity contribution is -0.129. The van der Waals surface area contributed by atoms with Crippen molar-refractivity contribution in [1.82, 2.24) is 29.6 Å². The molecule has 3 heterocycles. The van der Waals surface area contributed by atoms with Crippen LogP contribution < -0.4 is 10.6 Å². The molecule has 0 saturated carbocycles. The summed E-state index contributed by atoms with van der Waals surface area (Å²) in [6.07, 6.45) is 10.6. The molecule has 2 amide bonds. The normalized spacial score (nSPS) is 22.1. The largest absolute Gasteiger partial charge is 0.349 e. The molecule has 204 valence electrons. The monoisotopic (exact) mass is 540 g/mol. The van der Waals surface area contributed by atoms with Crippen molar-refractivity contribution in [2.45, 2.75) is 75.4 Å². The topological polar surface area (TPSA) is 117 Å². The fraction of sp³-hybridized carbons (Fsp3) is 0.519. The summed E-state index contributed by atoms with van der Waals surface area (Å²) in [4.78, 5) is 28.4. The summed E-state index contributed by atoms with van der Waals surface area (Å²) in [5.74, 6) is -0.906. The zero-order valence-electron chi connectivity index (χ0n) is 21.8. The lowest BCUT2D eigenvalue weighted by Gasteiger charge is -2.32. The first kappa shape index (κ1) is 26.4. The van der Waals surface area contributed by atoms with E-state index < -0.39 is 22.0 Å². The SMILES string of the molecule is Cc1ccc(S(=O)(=O)N2C=CNC(=O)[C@H]2CC(=O)N[C@H]2CCCc3c2cnn3CCN2CCCCC2)cc1. The molecule has 5 rings (SSSR count). The third-order valence-corrected chi connectivity index (χ3v) is 9.51. The van der Waals surface area contributed by atoms with Gasteiger partial charge in [-0.1, -0.05) is 24.1 Å². The van der Waals surface area contributed by atoms with E-state index in [0.29, 0.717) is 0 Å². The minimum absolute atomic E-state index is 0.0711. The summed E-state index contributed by atoms with van der Waals surface area (Å²) in [5, 5.41) is 10.2. The van der Waals surface area contributed by atoms with Crippen molar-refractivity contribution in [3.05, 3.63) is 59.7 Å². The Bertz CT molecular complexity index is 1300. The van der Waals surface area contributed by atoms with E-state index in [1.807, 2.05) is 13.1 Å². The Balaban J connectivity index is 1.26. The van der Waals surface area contributed by atoms with Gasteiger partial charge in [-0.05, 0) is 64.3 Å². The molecule has 2 atom stereocenters. The Morgan fingerprint density at radius 1 is 1.11 bits per heavy atom. The maximum absolute atomic E-state index is 13.3. The van der Waals surface area contributed by atoms with Gasteiger partial charge in [-0.15, -0.1) is 0 Å². The van der Waals surface area contributed by atoms with Crippen molar-refractivity contribution in [2.75, 3.05) is 19.6 Å². The van der Waals surface area contributed by atoms with E-state index in [0.717, 1.165) is 66.6 Å². The highest BCUT2D eigenvalue weighted by atomic mass is 32.2. The highest BCUT2D eigenvalue weighted by Gasteiger charge is 2.37. The number of likely N-dealkylation sites (tertiary alicyclic amines) is 1. The van der Waals surface area contributed by atoms with Crippen LogP contribution in [0.3, 0.4) is 0 Å². The molecular weight excluding hydrogens is 504 g/mol. The molecule has 2 aliphatic heterocycles. The van der Waals surface area contributed by atoms with E-state index in [2.05, 4.69) is 25.3 Å². The van der Waals surface area contributed by atoms with Gasteiger partial charge in [-0.2, -0.15) is 5.10 Å². The number of piperidine rings is 1. The number of carbonyl (C=O) groups excluding carboxylic acids is 2. The number of carbonyl (C=O) groups is 2. The van der Waals surface area contributed by atoms with E-state index in [1.165, 1.54) is 43.8 Å². The summed E-state index contributed by atoms with van der Waals surface area (Å²) in [7, 11) is -4.01. The van der Waals surface area contributed by atoms with E-state index in [9.17, 15) is 18.0 Å². The number of fused-ring (bicyclic) bond motifs is 1. The average molecular weight is 541 g/mol. The van der Waals surface area contributed by atoms with Crippen molar-refractivity contribution < 1.29 is 18.0 Å². The van der Waals surface area contributed by atoms with Crippen LogP contribution in [0.1, 0.15) is 61.4 Å². The van der Waals surface area contributed by atoms with Crippen LogP contribution in [0.2, 0.25) is 0 Å². The number of nitrogens with zero attached hydrogens (tertiary/aromatic N) is 4. The maximum Gasteiger partial charge on any atom is 0.264 e. The number of sulfonamides is 1. The fourth-order valence-corrected chi connectivity index (χ4v) is 7.03. The van der Waals surface area contributed by atoms with Gasteiger partial charge in [0.1, 0.15) is 6.04 Å². The highest BCUT2D eigenvalue weighted by molar-refractivity contribution is 7.89. The number of aromatic nitrogens is 2. The van der Waals surface area contributed by atoms with Gasteiger partial charge < -0.3 is 15.5 Å². The van der Waals surface area contributed by atoms with Crippen LogP contribution in [0.15, 0.2) is 47.8 Å². The van der Waals surface area contributed by atoms with Crippen LogP contribution in [0.25, 0.3) is 0 Å². The molecule has 2 aromatic rings. The van der Waals surface area contributed by atoms with Gasteiger partial charge in [-0.3, -0.25) is 18.6 Å². The van der Waals surface area contributed by atoms with E-state index in [1.54, 1.807) is 12.1 Å². The number of benzene rings is 1. The van der Waals surface area contributed by atoms with Crippen molar-refractivity contribution in [3.63, 3.8) is 0 Å². The number of hydrogen-bond donors (Lipinski definition) is 2. The standard InChI is InChI=1S/C27H36N6O4S/c1-20-8-10-21(11-9-20)38(36,37)33-15-12-28-27(35)25(33)18-26(34)30-23-6-5-7-24-22(23)19-29-32(24)17-16-31-13-3-2-4-14-31/h8-12,15,19,23,25H,2-7,13-14,16-18H2,1H3,(H,28,35)(H,30,34)/t23-,25+/m0/s1. The Kier molecular flexibility index (Phi) is 7.85. The highest BCUT2D eigenvalue weighted by Crippen LogP contribution is 2.30. The molecule has 0 spiro atoms. The van der Waals surface area contributed by atoms with Gasteiger partial charge in [0.05, 0.1) is 30.1 Å². The summed E-state index contributed by atoms with van der Waals surface area (Å²) in [6, 6.07) is 5.04. The third-order valence-electron chi connectivity index (χ3n) is 7.71. The van der Waals surface area contributed by atoms with Crippen LogP contribution >= 0.6 is 0 Å². The molecule has 1 fully saturated rings. The molecule has 0 bridgehead atoms. The second-order valence-electron chi connectivity index (χ2n) is 10.4. The zero-order valence-corrected chi connectivity index (χ0v) is 22.6. The average Bonchev–Trinajstić information content (AvgIpc) is 3.33. The molecule has 38 heavy (non-hydrogen) atoms.